The van der Waals surface area contributed by atoms with E-state index in [1.165, 1.54) is 4.31 Å². The van der Waals surface area contributed by atoms with E-state index in [-0.39, 0.29) is 18.4 Å². The van der Waals surface area contributed by atoms with Gasteiger partial charge < -0.3 is 5.32 Å². The van der Waals surface area contributed by atoms with E-state index >= 15 is 0 Å². The molecule has 3 rings (SSSR count). The maximum atomic E-state index is 12.5. The van der Waals surface area contributed by atoms with Crippen LogP contribution in [0.1, 0.15) is 34.3 Å². The lowest BCUT2D eigenvalue weighted by atomic mass is 10.0. The van der Waals surface area contributed by atoms with Crippen LogP contribution in [-0.4, -0.2) is 27.1 Å². The number of benzene rings is 3. The van der Waals surface area contributed by atoms with Crippen LogP contribution in [0.5, 0.6) is 0 Å². The molecule has 0 unspecified atom stereocenters. The summed E-state index contributed by atoms with van der Waals surface area (Å²) in [5.41, 5.74) is 2.79. The van der Waals surface area contributed by atoms with Crippen molar-refractivity contribution >= 4 is 33.2 Å². The second-order valence-electron chi connectivity index (χ2n) is 7.43. The van der Waals surface area contributed by atoms with Crippen molar-refractivity contribution in [2.75, 3.05) is 17.1 Å². The molecule has 1 amide bonds. The molecule has 0 aliphatic heterocycles. The Bertz CT molecular complexity index is 1130. The van der Waals surface area contributed by atoms with Gasteiger partial charge in [-0.1, -0.05) is 67.1 Å². The van der Waals surface area contributed by atoms with Crippen LogP contribution in [0, 0.1) is 0 Å². The largest absolute Gasteiger partial charge is 0.351 e. The Morgan fingerprint density at radius 3 is 2.19 bits per heavy atom. The van der Waals surface area contributed by atoms with Gasteiger partial charge in [0, 0.05) is 17.1 Å². The molecule has 5 nitrogen and oxygen atoms in total. The Morgan fingerprint density at radius 2 is 1.58 bits per heavy atom. The molecule has 7 heteroatoms. The van der Waals surface area contributed by atoms with Crippen molar-refractivity contribution in [1.29, 1.82) is 0 Å². The number of carbonyl (C=O) groups excluding carboxylic acids is 1. The van der Waals surface area contributed by atoms with E-state index in [0.717, 1.165) is 11.8 Å². The van der Waals surface area contributed by atoms with Crippen LogP contribution in [-0.2, 0) is 16.6 Å². The van der Waals surface area contributed by atoms with Gasteiger partial charge in [-0.2, -0.15) is 0 Å². The molecule has 0 aliphatic carbocycles. The molecule has 0 saturated heterocycles. The molecule has 0 radical (unpaired) electrons. The minimum Gasteiger partial charge on any atom is -0.351 e. The lowest BCUT2D eigenvalue weighted by Crippen LogP contribution is -2.30. The summed E-state index contributed by atoms with van der Waals surface area (Å²) in [6, 6.07) is 23.6. The number of hydrogen-bond acceptors (Lipinski definition) is 3. The minimum atomic E-state index is -3.54. The molecule has 1 atom stereocenters. The average molecular weight is 457 g/mol. The number of rotatable bonds is 8. The van der Waals surface area contributed by atoms with Crippen LogP contribution in [0.3, 0.4) is 0 Å². The molecule has 31 heavy (non-hydrogen) atoms. The van der Waals surface area contributed by atoms with Crippen LogP contribution >= 0.6 is 11.6 Å². The van der Waals surface area contributed by atoms with Gasteiger partial charge in [-0.3, -0.25) is 9.10 Å². The zero-order valence-corrected chi connectivity index (χ0v) is 19.0. The van der Waals surface area contributed by atoms with E-state index in [4.69, 9.17) is 11.6 Å². The fraction of sp³-hybridized carbons (Fsp3) is 0.208. The first-order valence-electron chi connectivity index (χ1n) is 9.90. The van der Waals surface area contributed by atoms with Crippen molar-refractivity contribution in [2.45, 2.75) is 19.4 Å². The fourth-order valence-electron chi connectivity index (χ4n) is 3.21. The second-order valence-corrected chi connectivity index (χ2v) is 9.74. The first kappa shape index (κ1) is 22.8. The molecule has 0 bridgehead atoms. The third-order valence-electron chi connectivity index (χ3n) is 5.03. The summed E-state index contributed by atoms with van der Waals surface area (Å²) in [4.78, 5) is 12.5. The summed E-state index contributed by atoms with van der Waals surface area (Å²) in [7, 11) is -3.54. The lowest BCUT2D eigenvalue weighted by Gasteiger charge is -2.23. The molecule has 0 aromatic heterocycles. The van der Waals surface area contributed by atoms with E-state index in [2.05, 4.69) is 12.2 Å². The van der Waals surface area contributed by atoms with Gasteiger partial charge in [-0.15, -0.1) is 0 Å². The predicted octanol–water partition coefficient (Wildman–Crippen LogP) is 4.84. The highest BCUT2D eigenvalue weighted by molar-refractivity contribution is 7.92. The zero-order chi connectivity index (χ0) is 22.4. The number of halogens is 1. The molecule has 0 spiro atoms. The van der Waals surface area contributed by atoms with Gasteiger partial charge in [0.25, 0.3) is 5.91 Å². The maximum Gasteiger partial charge on any atom is 0.251 e. The maximum absolute atomic E-state index is 12.5. The van der Waals surface area contributed by atoms with Crippen LogP contribution in [0.4, 0.5) is 5.69 Å². The third kappa shape index (κ3) is 6.09. The molecule has 0 saturated carbocycles. The topological polar surface area (TPSA) is 66.5 Å². The summed E-state index contributed by atoms with van der Waals surface area (Å²) in [6.07, 6.45) is 1.15. The molecule has 1 N–H and O–H groups in total. The molecular formula is C24H25ClN2O3S. The van der Waals surface area contributed by atoms with Crippen molar-refractivity contribution < 1.29 is 13.2 Å². The van der Waals surface area contributed by atoms with E-state index in [9.17, 15) is 13.2 Å². The van der Waals surface area contributed by atoms with E-state index < -0.39 is 10.0 Å². The Balaban J connectivity index is 1.71. The molecular weight excluding hydrogens is 432 g/mol. The highest BCUT2D eigenvalue weighted by Crippen LogP contribution is 2.24. The smallest absolute Gasteiger partial charge is 0.251 e. The fourth-order valence-corrected chi connectivity index (χ4v) is 4.28. The number of hydrogen-bond donors (Lipinski definition) is 1. The first-order chi connectivity index (χ1) is 14.8. The zero-order valence-electron chi connectivity index (χ0n) is 17.5. The number of anilines is 1. The Hall–Kier alpha value is -2.83. The summed E-state index contributed by atoms with van der Waals surface area (Å²) < 4.78 is 26.0. The van der Waals surface area contributed by atoms with E-state index in [1.807, 2.05) is 36.4 Å². The quantitative estimate of drug-likeness (QED) is 0.527. The van der Waals surface area contributed by atoms with Crippen LogP contribution in [0.15, 0.2) is 78.9 Å². The Labute approximate surface area is 188 Å². The van der Waals surface area contributed by atoms with Gasteiger partial charge in [0.1, 0.15) is 0 Å². The Kier molecular flexibility index (Phi) is 7.36. The number of sulfonamides is 1. The Morgan fingerprint density at radius 1 is 0.968 bits per heavy atom. The number of amides is 1. The lowest BCUT2D eigenvalue weighted by molar-refractivity contribution is 0.0951. The second kappa shape index (κ2) is 9.98. The minimum absolute atomic E-state index is 0.110. The van der Waals surface area contributed by atoms with Crippen molar-refractivity contribution in [2.24, 2.45) is 0 Å². The molecule has 0 fully saturated rings. The summed E-state index contributed by atoms with van der Waals surface area (Å²) >= 11 is 6.20. The van der Waals surface area contributed by atoms with Gasteiger partial charge in [-0.05, 0) is 47.4 Å². The van der Waals surface area contributed by atoms with Gasteiger partial charge >= 0.3 is 0 Å². The van der Waals surface area contributed by atoms with Gasteiger partial charge in [0.15, 0.2) is 0 Å². The SMILES string of the molecule is C[C@@H](CNC(=O)c1ccc(N(Cc2ccccc2Cl)S(C)(=O)=O)cc1)c1ccccc1. The van der Waals surface area contributed by atoms with Crippen LogP contribution in [0.25, 0.3) is 0 Å². The average Bonchev–Trinajstić information content (AvgIpc) is 2.76. The monoisotopic (exact) mass is 456 g/mol. The normalized spacial score (nSPS) is 12.2. The standard InChI is InChI=1S/C24H25ClN2O3S/c1-18(19-8-4-3-5-9-19)16-26-24(28)20-12-14-22(15-13-20)27(31(2,29)30)17-21-10-6-7-11-23(21)25/h3-15,18H,16-17H2,1-2H3,(H,26,28)/t18-/m0/s1. The highest BCUT2D eigenvalue weighted by Gasteiger charge is 2.19. The van der Waals surface area contributed by atoms with Gasteiger partial charge in [0.2, 0.25) is 10.0 Å². The van der Waals surface area contributed by atoms with Crippen molar-refractivity contribution in [3.05, 3.63) is 101 Å². The summed E-state index contributed by atoms with van der Waals surface area (Å²) in [5, 5.41) is 3.43. The first-order valence-corrected chi connectivity index (χ1v) is 12.1. The van der Waals surface area contributed by atoms with Crippen LogP contribution < -0.4 is 9.62 Å². The van der Waals surface area contributed by atoms with Gasteiger partial charge in [-0.25, -0.2) is 8.42 Å². The highest BCUT2D eigenvalue weighted by atomic mass is 35.5. The molecule has 162 valence electrons. The molecule has 0 heterocycles. The predicted molar refractivity (Wildman–Crippen MR) is 126 cm³/mol. The van der Waals surface area contributed by atoms with Gasteiger partial charge in [0.05, 0.1) is 18.5 Å². The van der Waals surface area contributed by atoms with Crippen LogP contribution in [0.2, 0.25) is 5.02 Å². The summed E-state index contributed by atoms with van der Waals surface area (Å²) in [5.74, 6) is -0.0212. The number of nitrogens with one attached hydrogen (secondary N) is 1. The number of carbonyl (C=O) groups is 1. The van der Waals surface area contributed by atoms with E-state index in [0.29, 0.717) is 28.4 Å². The van der Waals surface area contributed by atoms with Crippen molar-refractivity contribution in [3.63, 3.8) is 0 Å². The molecule has 3 aromatic carbocycles. The van der Waals surface area contributed by atoms with Crippen molar-refractivity contribution in [3.8, 4) is 0 Å². The molecule has 3 aromatic rings. The summed E-state index contributed by atoms with van der Waals surface area (Å²) in [6.45, 7) is 2.67. The third-order valence-corrected chi connectivity index (χ3v) is 6.54. The van der Waals surface area contributed by atoms with Crippen molar-refractivity contribution in [1.82, 2.24) is 5.32 Å². The van der Waals surface area contributed by atoms with E-state index in [1.54, 1.807) is 42.5 Å². The number of nitrogens with zero attached hydrogens (tertiary/aromatic N) is 1. The molecule has 0 aliphatic rings.